The van der Waals surface area contributed by atoms with Gasteiger partial charge in [-0.1, -0.05) is 18.3 Å². The van der Waals surface area contributed by atoms with E-state index < -0.39 is 0 Å². The average Bonchev–Trinajstić information content (AvgIpc) is 3.13. The summed E-state index contributed by atoms with van der Waals surface area (Å²) in [5.41, 5.74) is 0.952. The number of amides is 1. The Kier molecular flexibility index (Phi) is 5.36. The number of carbonyl (C=O) groups is 1. The van der Waals surface area contributed by atoms with E-state index in [1.54, 1.807) is 11.3 Å². The second kappa shape index (κ2) is 7.88. The number of piperidine rings is 1. The van der Waals surface area contributed by atoms with Gasteiger partial charge >= 0.3 is 0 Å². The minimum atomic E-state index is 0.0986. The first kappa shape index (κ1) is 17.7. The van der Waals surface area contributed by atoms with Crippen LogP contribution in [0.4, 0.5) is 5.13 Å². The summed E-state index contributed by atoms with van der Waals surface area (Å²) in [6.45, 7) is 8.90. The average molecular weight is 374 g/mol. The molecule has 0 unspecified atom stereocenters. The van der Waals surface area contributed by atoms with Gasteiger partial charge in [0, 0.05) is 45.5 Å². The van der Waals surface area contributed by atoms with Crippen molar-refractivity contribution in [1.29, 1.82) is 0 Å². The van der Waals surface area contributed by atoms with Gasteiger partial charge in [-0.25, -0.2) is 9.97 Å². The number of hydrogen-bond acceptors (Lipinski definition) is 6. The molecule has 2 aromatic rings. The number of pyridine rings is 1. The first-order chi connectivity index (χ1) is 12.7. The maximum atomic E-state index is 13.0. The molecule has 4 heterocycles. The van der Waals surface area contributed by atoms with E-state index in [4.69, 9.17) is 4.98 Å². The van der Waals surface area contributed by atoms with Crippen LogP contribution in [0.15, 0.2) is 18.3 Å². The number of nitrogens with zero attached hydrogens (tertiary/aromatic N) is 5. The lowest BCUT2D eigenvalue weighted by atomic mass is 9.96. The summed E-state index contributed by atoms with van der Waals surface area (Å²) in [5.74, 6) is 0.437. The molecule has 0 spiro atoms. The highest BCUT2D eigenvalue weighted by Gasteiger charge is 2.31. The monoisotopic (exact) mass is 373 g/mol. The van der Waals surface area contributed by atoms with Crippen molar-refractivity contribution in [2.75, 3.05) is 50.7 Å². The molecule has 2 aliphatic rings. The van der Waals surface area contributed by atoms with Crippen molar-refractivity contribution < 1.29 is 4.79 Å². The van der Waals surface area contributed by atoms with Crippen LogP contribution in [-0.2, 0) is 4.79 Å². The Labute approximate surface area is 158 Å². The Morgan fingerprint density at radius 2 is 2.12 bits per heavy atom. The predicted octanol–water partition coefficient (Wildman–Crippen LogP) is 2.46. The van der Waals surface area contributed by atoms with Crippen molar-refractivity contribution in [2.45, 2.75) is 26.2 Å². The van der Waals surface area contributed by atoms with E-state index in [0.717, 1.165) is 74.1 Å². The largest absolute Gasteiger partial charge is 0.347 e. The van der Waals surface area contributed by atoms with Gasteiger partial charge < -0.3 is 9.80 Å². The van der Waals surface area contributed by atoms with Crippen LogP contribution in [0, 0.1) is 5.92 Å². The van der Waals surface area contributed by atoms with Crippen molar-refractivity contribution in [2.24, 2.45) is 5.92 Å². The van der Waals surface area contributed by atoms with Crippen molar-refractivity contribution in [3.63, 3.8) is 0 Å². The third kappa shape index (κ3) is 3.69. The van der Waals surface area contributed by atoms with Crippen molar-refractivity contribution in [3.05, 3.63) is 18.3 Å². The number of aromatic nitrogens is 2. The minimum absolute atomic E-state index is 0.0986. The molecular weight excluding hydrogens is 346 g/mol. The molecule has 0 N–H and O–H groups in total. The normalized spacial score (nSPS) is 22.1. The van der Waals surface area contributed by atoms with Crippen LogP contribution in [0.25, 0.3) is 10.3 Å². The lowest BCUT2D eigenvalue weighted by Crippen LogP contribution is -2.52. The Morgan fingerprint density at radius 3 is 2.88 bits per heavy atom. The number of piperazine rings is 1. The van der Waals surface area contributed by atoms with Crippen LogP contribution < -0.4 is 4.90 Å². The summed E-state index contributed by atoms with van der Waals surface area (Å²) < 4.78 is 0. The zero-order valence-corrected chi connectivity index (χ0v) is 16.2. The Hall–Kier alpha value is -1.73. The van der Waals surface area contributed by atoms with Crippen LogP contribution in [0.5, 0.6) is 0 Å². The van der Waals surface area contributed by atoms with Crippen molar-refractivity contribution in [3.8, 4) is 0 Å². The molecule has 6 nitrogen and oxygen atoms in total. The summed E-state index contributed by atoms with van der Waals surface area (Å²) >= 11 is 1.63. The van der Waals surface area contributed by atoms with Crippen LogP contribution in [0.3, 0.4) is 0 Å². The fourth-order valence-electron chi connectivity index (χ4n) is 4.01. The topological polar surface area (TPSA) is 52.6 Å². The van der Waals surface area contributed by atoms with E-state index in [9.17, 15) is 4.79 Å². The second-order valence-electron chi connectivity index (χ2n) is 7.28. The van der Waals surface area contributed by atoms with Crippen molar-refractivity contribution >= 4 is 32.7 Å². The minimum Gasteiger partial charge on any atom is -0.347 e. The van der Waals surface area contributed by atoms with E-state index in [-0.39, 0.29) is 5.92 Å². The third-order valence-electron chi connectivity index (χ3n) is 5.42. The third-order valence-corrected chi connectivity index (χ3v) is 6.46. The van der Waals surface area contributed by atoms with Crippen molar-refractivity contribution in [1.82, 2.24) is 19.8 Å². The highest BCUT2D eigenvalue weighted by atomic mass is 32.1. The summed E-state index contributed by atoms with van der Waals surface area (Å²) in [7, 11) is 0. The molecule has 2 saturated heterocycles. The Balaban J connectivity index is 1.39. The maximum Gasteiger partial charge on any atom is 0.227 e. The highest BCUT2D eigenvalue weighted by Crippen LogP contribution is 2.31. The second-order valence-corrected chi connectivity index (χ2v) is 8.23. The zero-order valence-electron chi connectivity index (χ0n) is 15.4. The van der Waals surface area contributed by atoms with Gasteiger partial charge in [-0.2, -0.15) is 0 Å². The molecule has 0 bridgehead atoms. The van der Waals surface area contributed by atoms with E-state index in [1.807, 2.05) is 18.3 Å². The number of thiazole rings is 1. The maximum absolute atomic E-state index is 13.0. The fraction of sp³-hybridized carbons (Fsp3) is 0.632. The molecule has 140 valence electrons. The first-order valence-electron chi connectivity index (χ1n) is 9.72. The molecule has 0 radical (unpaired) electrons. The fourth-order valence-corrected chi connectivity index (χ4v) is 4.96. The molecule has 26 heavy (non-hydrogen) atoms. The zero-order chi connectivity index (χ0) is 17.9. The van der Waals surface area contributed by atoms with Crippen LogP contribution in [-0.4, -0.2) is 71.5 Å². The number of carbonyl (C=O) groups excluding carboxylic acids is 1. The number of anilines is 1. The van der Waals surface area contributed by atoms with Gasteiger partial charge in [0.1, 0.15) is 10.3 Å². The molecule has 1 amide bonds. The van der Waals surface area contributed by atoms with Gasteiger partial charge in [0.05, 0.1) is 5.92 Å². The number of rotatable bonds is 4. The molecule has 1 atom stereocenters. The van der Waals surface area contributed by atoms with Gasteiger partial charge in [-0.3, -0.25) is 9.69 Å². The van der Waals surface area contributed by atoms with E-state index in [0.29, 0.717) is 5.91 Å². The van der Waals surface area contributed by atoms with Gasteiger partial charge in [-0.15, -0.1) is 0 Å². The number of hydrogen-bond donors (Lipinski definition) is 0. The lowest BCUT2D eigenvalue weighted by molar-refractivity contribution is -0.137. The van der Waals surface area contributed by atoms with Gasteiger partial charge in [-0.05, 0) is 37.9 Å². The smallest absolute Gasteiger partial charge is 0.227 e. The summed E-state index contributed by atoms with van der Waals surface area (Å²) in [6.07, 6.45) is 5.04. The molecular formula is C19H27N5OS. The highest BCUT2D eigenvalue weighted by molar-refractivity contribution is 7.21. The molecule has 2 aromatic heterocycles. The van der Waals surface area contributed by atoms with Gasteiger partial charge in [0.25, 0.3) is 0 Å². The summed E-state index contributed by atoms with van der Waals surface area (Å²) in [6, 6.07) is 3.93. The predicted molar refractivity (Wildman–Crippen MR) is 106 cm³/mol. The van der Waals surface area contributed by atoms with Gasteiger partial charge in [0.2, 0.25) is 5.91 Å². The molecule has 0 aliphatic carbocycles. The van der Waals surface area contributed by atoms with Crippen LogP contribution in [0.1, 0.15) is 26.2 Å². The molecule has 0 saturated carbocycles. The van der Waals surface area contributed by atoms with E-state index >= 15 is 0 Å². The quantitative estimate of drug-likeness (QED) is 0.824. The van der Waals surface area contributed by atoms with E-state index in [2.05, 4.69) is 26.6 Å². The standard InChI is InChI=1S/C19H27N5OS/c1-2-8-22-10-12-23(13-11-22)18(25)15-5-4-9-24(14-15)19-21-16-6-3-7-20-17(16)26-19/h3,6-7,15H,2,4-5,8-14H2,1H3/t15-/m1/s1. The molecule has 2 fully saturated rings. The van der Waals surface area contributed by atoms with Crippen LogP contribution in [0.2, 0.25) is 0 Å². The lowest BCUT2D eigenvalue weighted by Gasteiger charge is -2.39. The number of fused-ring (bicyclic) bond motifs is 1. The Morgan fingerprint density at radius 1 is 1.27 bits per heavy atom. The van der Waals surface area contributed by atoms with Gasteiger partial charge in [0.15, 0.2) is 5.13 Å². The SMILES string of the molecule is CCCN1CCN(C(=O)[C@@H]2CCCN(c3nc4cccnc4s3)C2)CC1. The summed E-state index contributed by atoms with van der Waals surface area (Å²) in [4.78, 5) is 29.9. The summed E-state index contributed by atoms with van der Waals surface area (Å²) in [5, 5.41) is 1.00. The van der Waals surface area contributed by atoms with Crippen LogP contribution >= 0.6 is 11.3 Å². The first-order valence-corrected chi connectivity index (χ1v) is 10.5. The molecule has 2 aliphatic heterocycles. The molecule has 4 rings (SSSR count). The van der Waals surface area contributed by atoms with E-state index in [1.165, 1.54) is 6.42 Å². The molecule has 0 aromatic carbocycles. The molecule has 7 heteroatoms. The Bertz CT molecular complexity index is 722.